The topological polar surface area (TPSA) is 12.0 Å². The zero-order valence-corrected chi connectivity index (χ0v) is 10.3. The number of halogens is 2. The van der Waals surface area contributed by atoms with Gasteiger partial charge in [0.05, 0.1) is 0 Å². The van der Waals surface area contributed by atoms with Crippen molar-refractivity contribution >= 4 is 17.3 Å². The lowest BCUT2D eigenvalue weighted by Crippen LogP contribution is -2.00. The van der Waals surface area contributed by atoms with Crippen LogP contribution in [0.4, 0.5) is 10.1 Å². The Bertz CT molecular complexity index is 525. The van der Waals surface area contributed by atoms with Gasteiger partial charge in [0.25, 0.3) is 0 Å². The number of anilines is 1. The fourth-order valence-corrected chi connectivity index (χ4v) is 1.80. The molecule has 0 aromatic heterocycles. The van der Waals surface area contributed by atoms with Crippen LogP contribution in [-0.2, 0) is 6.54 Å². The van der Waals surface area contributed by atoms with Crippen molar-refractivity contribution in [2.45, 2.75) is 13.5 Å². The van der Waals surface area contributed by atoms with E-state index in [1.807, 2.05) is 24.3 Å². The van der Waals surface area contributed by atoms with E-state index >= 15 is 0 Å². The van der Waals surface area contributed by atoms with Gasteiger partial charge in [0.1, 0.15) is 5.82 Å². The molecule has 0 saturated carbocycles. The van der Waals surface area contributed by atoms with E-state index in [4.69, 9.17) is 11.6 Å². The third kappa shape index (κ3) is 2.98. The van der Waals surface area contributed by atoms with Gasteiger partial charge >= 0.3 is 0 Å². The zero-order chi connectivity index (χ0) is 12.3. The summed E-state index contributed by atoms with van der Waals surface area (Å²) in [4.78, 5) is 0. The minimum Gasteiger partial charge on any atom is -0.381 e. The fourth-order valence-electron chi connectivity index (χ4n) is 1.59. The molecule has 3 heteroatoms. The van der Waals surface area contributed by atoms with Gasteiger partial charge in [-0.05, 0) is 42.3 Å². The van der Waals surface area contributed by atoms with Crippen molar-refractivity contribution in [2.75, 3.05) is 5.32 Å². The number of rotatable bonds is 3. The maximum atomic E-state index is 13.1. The van der Waals surface area contributed by atoms with Crippen molar-refractivity contribution in [1.82, 2.24) is 0 Å². The van der Waals surface area contributed by atoms with E-state index in [0.29, 0.717) is 12.1 Å². The van der Waals surface area contributed by atoms with Crippen LogP contribution in [0.25, 0.3) is 0 Å². The summed E-state index contributed by atoms with van der Waals surface area (Å²) in [7, 11) is 0. The Morgan fingerprint density at radius 2 is 1.94 bits per heavy atom. The molecule has 2 aromatic rings. The second-order valence-electron chi connectivity index (χ2n) is 3.91. The fraction of sp³-hybridized carbons (Fsp3) is 0.143. The summed E-state index contributed by atoms with van der Waals surface area (Å²) >= 11 is 6.05. The molecule has 0 fully saturated rings. The van der Waals surface area contributed by atoms with Crippen LogP contribution in [0, 0.1) is 12.7 Å². The molecule has 0 saturated heterocycles. The summed E-state index contributed by atoms with van der Waals surface area (Å²) in [6, 6.07) is 12.6. The Labute approximate surface area is 105 Å². The molecule has 0 unspecified atom stereocenters. The Morgan fingerprint density at radius 3 is 2.65 bits per heavy atom. The molecule has 17 heavy (non-hydrogen) atoms. The first-order valence-electron chi connectivity index (χ1n) is 5.40. The van der Waals surface area contributed by atoms with Crippen molar-refractivity contribution in [3.8, 4) is 0 Å². The molecule has 0 aliphatic carbocycles. The second-order valence-corrected chi connectivity index (χ2v) is 4.32. The molecule has 0 amide bonds. The van der Waals surface area contributed by atoms with Gasteiger partial charge in [-0.3, -0.25) is 0 Å². The van der Waals surface area contributed by atoms with Gasteiger partial charge in [0.2, 0.25) is 0 Å². The lowest BCUT2D eigenvalue weighted by Gasteiger charge is -2.09. The van der Waals surface area contributed by atoms with Crippen molar-refractivity contribution in [3.05, 3.63) is 64.4 Å². The van der Waals surface area contributed by atoms with E-state index in [1.54, 1.807) is 19.1 Å². The first kappa shape index (κ1) is 11.9. The highest BCUT2D eigenvalue weighted by molar-refractivity contribution is 6.31. The van der Waals surface area contributed by atoms with E-state index < -0.39 is 0 Å². The number of aryl methyl sites for hydroxylation is 1. The van der Waals surface area contributed by atoms with Crippen molar-refractivity contribution in [3.63, 3.8) is 0 Å². The summed E-state index contributed by atoms with van der Waals surface area (Å²) < 4.78 is 13.1. The van der Waals surface area contributed by atoms with Gasteiger partial charge in [0.15, 0.2) is 0 Å². The lowest BCUT2D eigenvalue weighted by atomic mass is 10.2. The Morgan fingerprint density at radius 1 is 1.18 bits per heavy atom. The van der Waals surface area contributed by atoms with Crippen LogP contribution >= 0.6 is 11.6 Å². The van der Waals surface area contributed by atoms with Gasteiger partial charge < -0.3 is 5.32 Å². The predicted octanol–water partition coefficient (Wildman–Crippen LogP) is 4.40. The summed E-state index contributed by atoms with van der Waals surface area (Å²) in [6.07, 6.45) is 0. The Kier molecular flexibility index (Phi) is 3.64. The van der Waals surface area contributed by atoms with Crippen LogP contribution in [0.2, 0.25) is 5.02 Å². The smallest absolute Gasteiger partial charge is 0.126 e. The summed E-state index contributed by atoms with van der Waals surface area (Å²) in [6.45, 7) is 2.38. The number of hydrogen-bond acceptors (Lipinski definition) is 1. The monoisotopic (exact) mass is 249 g/mol. The molecule has 1 nitrogen and oxygen atoms in total. The Hall–Kier alpha value is -1.54. The van der Waals surface area contributed by atoms with Gasteiger partial charge in [-0.2, -0.15) is 0 Å². The Balaban J connectivity index is 2.08. The molecule has 1 N–H and O–H groups in total. The third-order valence-electron chi connectivity index (χ3n) is 2.60. The second kappa shape index (κ2) is 5.19. The summed E-state index contributed by atoms with van der Waals surface area (Å²) in [5, 5.41) is 3.95. The maximum Gasteiger partial charge on any atom is 0.126 e. The zero-order valence-electron chi connectivity index (χ0n) is 9.50. The third-order valence-corrected chi connectivity index (χ3v) is 2.97. The molecule has 2 aromatic carbocycles. The molecule has 0 aliphatic rings. The summed E-state index contributed by atoms with van der Waals surface area (Å²) in [5.41, 5.74) is 2.55. The van der Waals surface area contributed by atoms with E-state index in [9.17, 15) is 4.39 Å². The standard InChI is InChI=1S/C14H13ClFN/c1-10-8-12(6-7-14(10)16)17-9-11-4-2-3-5-13(11)15/h2-8,17H,9H2,1H3. The normalized spacial score (nSPS) is 10.3. The molecule has 0 aliphatic heterocycles. The van der Waals surface area contributed by atoms with Crippen LogP contribution in [0.15, 0.2) is 42.5 Å². The van der Waals surface area contributed by atoms with Crippen molar-refractivity contribution in [2.24, 2.45) is 0 Å². The molecule has 88 valence electrons. The molecule has 0 radical (unpaired) electrons. The van der Waals surface area contributed by atoms with Gasteiger partial charge in [0, 0.05) is 17.3 Å². The SMILES string of the molecule is Cc1cc(NCc2ccccc2Cl)ccc1F. The van der Waals surface area contributed by atoms with E-state index in [0.717, 1.165) is 16.3 Å². The average molecular weight is 250 g/mol. The molecule has 0 atom stereocenters. The highest BCUT2D eigenvalue weighted by atomic mass is 35.5. The maximum absolute atomic E-state index is 13.1. The highest BCUT2D eigenvalue weighted by Crippen LogP contribution is 2.18. The first-order chi connectivity index (χ1) is 8.16. The van der Waals surface area contributed by atoms with E-state index in [1.165, 1.54) is 6.07 Å². The number of hydrogen-bond donors (Lipinski definition) is 1. The molecule has 0 spiro atoms. The van der Waals surface area contributed by atoms with Gasteiger partial charge in [-0.1, -0.05) is 29.8 Å². The highest BCUT2D eigenvalue weighted by Gasteiger charge is 2.01. The van der Waals surface area contributed by atoms with Crippen LogP contribution < -0.4 is 5.32 Å². The molecular weight excluding hydrogens is 237 g/mol. The summed E-state index contributed by atoms with van der Waals surface area (Å²) in [5.74, 6) is -0.187. The van der Waals surface area contributed by atoms with E-state index in [-0.39, 0.29) is 5.82 Å². The average Bonchev–Trinajstić information content (AvgIpc) is 2.32. The van der Waals surface area contributed by atoms with Crippen molar-refractivity contribution < 1.29 is 4.39 Å². The number of benzene rings is 2. The molecular formula is C14H13ClFN. The first-order valence-corrected chi connectivity index (χ1v) is 5.78. The van der Waals surface area contributed by atoms with Crippen LogP contribution in [-0.4, -0.2) is 0 Å². The van der Waals surface area contributed by atoms with Crippen molar-refractivity contribution in [1.29, 1.82) is 0 Å². The largest absolute Gasteiger partial charge is 0.381 e. The molecule has 0 heterocycles. The van der Waals surface area contributed by atoms with Crippen LogP contribution in [0.1, 0.15) is 11.1 Å². The minimum atomic E-state index is -0.187. The van der Waals surface area contributed by atoms with E-state index in [2.05, 4.69) is 5.32 Å². The number of nitrogens with one attached hydrogen (secondary N) is 1. The van der Waals surface area contributed by atoms with Gasteiger partial charge in [-0.25, -0.2) is 4.39 Å². The lowest BCUT2D eigenvalue weighted by molar-refractivity contribution is 0.618. The van der Waals surface area contributed by atoms with Gasteiger partial charge in [-0.15, -0.1) is 0 Å². The predicted molar refractivity (Wildman–Crippen MR) is 69.9 cm³/mol. The van der Waals surface area contributed by atoms with Crippen LogP contribution in [0.3, 0.4) is 0 Å². The minimum absolute atomic E-state index is 0.187. The quantitative estimate of drug-likeness (QED) is 0.850. The molecule has 0 bridgehead atoms. The van der Waals surface area contributed by atoms with Crippen LogP contribution in [0.5, 0.6) is 0 Å². The molecule has 2 rings (SSSR count).